The fourth-order valence-corrected chi connectivity index (χ4v) is 2.00. The molecule has 1 aromatic rings. The Kier molecular flexibility index (Phi) is 2.66. The first-order valence-corrected chi connectivity index (χ1v) is 5.48. The van der Waals surface area contributed by atoms with E-state index in [9.17, 15) is 13.6 Å². The van der Waals surface area contributed by atoms with E-state index in [0.29, 0.717) is 5.56 Å². The molecule has 1 aromatic carbocycles. The molecular formula is C10H8F2INO. The van der Waals surface area contributed by atoms with Crippen LogP contribution in [-0.4, -0.2) is 29.8 Å². The summed E-state index contributed by atoms with van der Waals surface area (Å²) in [5, 5.41) is 0. The molecule has 1 amide bonds. The van der Waals surface area contributed by atoms with Gasteiger partial charge in [-0.25, -0.2) is 8.78 Å². The van der Waals surface area contributed by atoms with Gasteiger partial charge in [0.1, 0.15) is 0 Å². The summed E-state index contributed by atoms with van der Waals surface area (Å²) in [7, 11) is 0. The third-order valence-corrected chi connectivity index (χ3v) is 2.87. The highest BCUT2D eigenvalue weighted by Crippen LogP contribution is 2.28. The lowest BCUT2D eigenvalue weighted by Gasteiger charge is -2.38. The van der Waals surface area contributed by atoms with Gasteiger partial charge in [0, 0.05) is 9.13 Å². The van der Waals surface area contributed by atoms with Crippen molar-refractivity contribution in [1.82, 2.24) is 4.90 Å². The molecular weight excluding hydrogens is 315 g/mol. The third-order valence-electron chi connectivity index (χ3n) is 2.20. The number of carbonyl (C=O) groups is 1. The number of hydrogen-bond acceptors (Lipinski definition) is 1. The predicted molar refractivity (Wildman–Crippen MR) is 60.0 cm³/mol. The minimum atomic E-state index is -2.70. The van der Waals surface area contributed by atoms with Gasteiger partial charge in [0.05, 0.1) is 13.1 Å². The number of hydrogen-bond donors (Lipinski definition) is 0. The van der Waals surface area contributed by atoms with E-state index in [1.165, 1.54) is 0 Å². The Morgan fingerprint density at radius 3 is 2.60 bits per heavy atom. The fourth-order valence-electron chi connectivity index (χ4n) is 1.46. The Balaban J connectivity index is 2.10. The molecule has 1 aliphatic heterocycles. The normalized spacial score (nSPS) is 18.5. The fraction of sp³-hybridized carbons (Fsp3) is 0.300. The average molecular weight is 323 g/mol. The summed E-state index contributed by atoms with van der Waals surface area (Å²) < 4.78 is 26.0. The number of halogens is 3. The molecule has 0 spiro atoms. The zero-order chi connectivity index (χ0) is 11.1. The maximum atomic E-state index is 12.5. The van der Waals surface area contributed by atoms with Gasteiger partial charge < -0.3 is 4.90 Å². The van der Waals surface area contributed by atoms with Crippen LogP contribution in [0.3, 0.4) is 0 Å². The van der Waals surface area contributed by atoms with Crippen LogP contribution in [0, 0.1) is 3.57 Å². The Bertz CT molecular complexity index is 400. The molecule has 0 aliphatic carbocycles. The molecule has 1 fully saturated rings. The van der Waals surface area contributed by atoms with Gasteiger partial charge in [-0.15, -0.1) is 0 Å². The second-order valence-electron chi connectivity index (χ2n) is 3.53. The Hall–Kier alpha value is -0.720. The van der Waals surface area contributed by atoms with E-state index in [4.69, 9.17) is 0 Å². The van der Waals surface area contributed by atoms with Crippen LogP contribution in [0.25, 0.3) is 0 Å². The Morgan fingerprint density at radius 2 is 2.07 bits per heavy atom. The quantitative estimate of drug-likeness (QED) is 0.727. The van der Waals surface area contributed by atoms with Crippen LogP contribution in [0.4, 0.5) is 8.78 Å². The summed E-state index contributed by atoms with van der Waals surface area (Å²) in [6, 6.07) is 6.93. The van der Waals surface area contributed by atoms with Crippen molar-refractivity contribution in [1.29, 1.82) is 0 Å². The lowest BCUT2D eigenvalue weighted by atomic mass is 10.1. The number of nitrogens with zero attached hydrogens (tertiary/aromatic N) is 1. The van der Waals surface area contributed by atoms with Crippen molar-refractivity contribution in [2.24, 2.45) is 0 Å². The number of rotatable bonds is 1. The van der Waals surface area contributed by atoms with Gasteiger partial charge in [-0.05, 0) is 40.8 Å². The lowest BCUT2D eigenvalue weighted by molar-refractivity contribution is -0.113. The number of likely N-dealkylation sites (tertiary alicyclic amines) is 1. The first-order chi connectivity index (χ1) is 6.98. The molecule has 5 heteroatoms. The highest BCUT2D eigenvalue weighted by atomic mass is 127. The van der Waals surface area contributed by atoms with E-state index < -0.39 is 19.0 Å². The average Bonchev–Trinajstić information content (AvgIpc) is 2.13. The van der Waals surface area contributed by atoms with Crippen LogP contribution < -0.4 is 0 Å². The summed E-state index contributed by atoms with van der Waals surface area (Å²) in [6.45, 7) is -0.922. The van der Waals surface area contributed by atoms with E-state index >= 15 is 0 Å². The summed E-state index contributed by atoms with van der Waals surface area (Å²) in [5.41, 5.74) is 0.470. The summed E-state index contributed by atoms with van der Waals surface area (Å²) >= 11 is 2.08. The minimum Gasteiger partial charge on any atom is -0.326 e. The maximum absolute atomic E-state index is 12.5. The first-order valence-electron chi connectivity index (χ1n) is 4.41. The van der Waals surface area contributed by atoms with Crippen molar-refractivity contribution >= 4 is 28.5 Å². The summed E-state index contributed by atoms with van der Waals surface area (Å²) in [5.74, 6) is -3.02. The molecule has 0 N–H and O–H groups in total. The summed E-state index contributed by atoms with van der Waals surface area (Å²) in [4.78, 5) is 12.8. The van der Waals surface area contributed by atoms with E-state index in [0.717, 1.165) is 8.47 Å². The van der Waals surface area contributed by atoms with E-state index in [2.05, 4.69) is 22.6 Å². The number of alkyl halides is 2. The third kappa shape index (κ3) is 2.27. The van der Waals surface area contributed by atoms with Gasteiger partial charge in [0.25, 0.3) is 11.8 Å². The molecule has 15 heavy (non-hydrogen) atoms. The Labute approximate surface area is 99.4 Å². The zero-order valence-electron chi connectivity index (χ0n) is 7.71. The van der Waals surface area contributed by atoms with Crippen LogP contribution in [0.15, 0.2) is 24.3 Å². The highest BCUT2D eigenvalue weighted by Gasteiger charge is 2.46. The van der Waals surface area contributed by atoms with Crippen molar-refractivity contribution in [2.75, 3.05) is 13.1 Å². The molecule has 1 aliphatic rings. The lowest BCUT2D eigenvalue weighted by Crippen LogP contribution is -2.58. The van der Waals surface area contributed by atoms with Gasteiger partial charge >= 0.3 is 0 Å². The van der Waals surface area contributed by atoms with E-state index in [1.807, 2.05) is 6.07 Å². The molecule has 0 aromatic heterocycles. The van der Waals surface area contributed by atoms with Crippen molar-refractivity contribution in [2.45, 2.75) is 5.92 Å². The van der Waals surface area contributed by atoms with Crippen LogP contribution >= 0.6 is 22.6 Å². The minimum absolute atomic E-state index is 0.320. The molecule has 1 heterocycles. The van der Waals surface area contributed by atoms with Crippen LogP contribution in [0.5, 0.6) is 0 Å². The topological polar surface area (TPSA) is 20.3 Å². The molecule has 0 atom stereocenters. The second-order valence-corrected chi connectivity index (χ2v) is 4.77. The standard InChI is InChI=1S/C10H8F2INO/c11-10(12)5-14(6-10)9(15)7-2-1-3-8(13)4-7/h1-4H,5-6H2. The number of carbonyl (C=O) groups excluding carboxylic acids is 1. The molecule has 80 valence electrons. The molecule has 2 rings (SSSR count). The van der Waals surface area contributed by atoms with Crippen LogP contribution in [-0.2, 0) is 0 Å². The molecule has 0 bridgehead atoms. The van der Waals surface area contributed by atoms with Crippen LogP contribution in [0.1, 0.15) is 10.4 Å². The monoisotopic (exact) mass is 323 g/mol. The summed E-state index contributed by atoms with van der Waals surface area (Å²) in [6.07, 6.45) is 0. The van der Waals surface area contributed by atoms with Crippen LogP contribution in [0.2, 0.25) is 0 Å². The maximum Gasteiger partial charge on any atom is 0.282 e. The first kappa shape index (κ1) is 10.8. The van der Waals surface area contributed by atoms with E-state index in [-0.39, 0.29) is 5.91 Å². The molecule has 2 nitrogen and oxygen atoms in total. The molecule has 1 saturated heterocycles. The van der Waals surface area contributed by atoms with Gasteiger partial charge in [-0.3, -0.25) is 4.79 Å². The Morgan fingerprint density at radius 1 is 1.40 bits per heavy atom. The second kappa shape index (κ2) is 3.70. The van der Waals surface area contributed by atoms with Crippen molar-refractivity contribution in [3.05, 3.63) is 33.4 Å². The highest BCUT2D eigenvalue weighted by molar-refractivity contribution is 14.1. The van der Waals surface area contributed by atoms with Gasteiger partial charge in [0.2, 0.25) is 0 Å². The molecule has 0 saturated carbocycles. The number of benzene rings is 1. The van der Waals surface area contributed by atoms with Gasteiger partial charge in [0.15, 0.2) is 0 Å². The predicted octanol–water partition coefficient (Wildman–Crippen LogP) is 2.38. The van der Waals surface area contributed by atoms with Gasteiger partial charge in [-0.2, -0.15) is 0 Å². The molecule has 0 radical (unpaired) electrons. The van der Waals surface area contributed by atoms with Gasteiger partial charge in [-0.1, -0.05) is 6.07 Å². The van der Waals surface area contributed by atoms with Crippen molar-refractivity contribution < 1.29 is 13.6 Å². The van der Waals surface area contributed by atoms with Crippen molar-refractivity contribution in [3.63, 3.8) is 0 Å². The smallest absolute Gasteiger partial charge is 0.282 e. The zero-order valence-corrected chi connectivity index (χ0v) is 9.87. The largest absolute Gasteiger partial charge is 0.326 e. The van der Waals surface area contributed by atoms with E-state index in [1.54, 1.807) is 18.2 Å². The molecule has 0 unspecified atom stereocenters. The van der Waals surface area contributed by atoms with Crippen molar-refractivity contribution in [3.8, 4) is 0 Å². The SMILES string of the molecule is O=C(c1cccc(I)c1)N1CC(F)(F)C1. The number of amides is 1.